The highest BCUT2D eigenvalue weighted by Gasteiger charge is 2.31. The molecule has 0 aliphatic rings. The number of rotatable bonds is 9. The van der Waals surface area contributed by atoms with Crippen molar-refractivity contribution in [1.82, 2.24) is 0 Å². The van der Waals surface area contributed by atoms with Gasteiger partial charge in [0.25, 0.3) is 20.0 Å². The molecule has 0 atom stereocenters. The van der Waals surface area contributed by atoms with E-state index in [0.717, 1.165) is 34.1 Å². The highest BCUT2D eigenvalue weighted by Crippen LogP contribution is 2.32. The maximum Gasteiger partial charge on any atom is 0.416 e. The first-order chi connectivity index (χ1) is 20.1. The summed E-state index contributed by atoms with van der Waals surface area (Å²) in [4.78, 5) is 12.7. The summed E-state index contributed by atoms with van der Waals surface area (Å²) < 4.78 is 94.6. The van der Waals surface area contributed by atoms with Crippen LogP contribution in [0.5, 0.6) is 0 Å². The van der Waals surface area contributed by atoms with Crippen molar-refractivity contribution in [2.45, 2.75) is 29.8 Å². The molecular formula is C29H25ClF3N3O5S2. The second-order valence-corrected chi connectivity index (χ2v) is 13.5. The molecule has 0 spiro atoms. The Balaban J connectivity index is 1.53. The Kier molecular flexibility index (Phi) is 9.09. The number of halogens is 4. The lowest BCUT2D eigenvalue weighted by molar-refractivity contribution is -0.137. The van der Waals surface area contributed by atoms with E-state index in [-0.39, 0.29) is 26.9 Å². The molecule has 1 amide bonds. The minimum Gasteiger partial charge on any atom is -0.325 e. The van der Waals surface area contributed by atoms with Crippen LogP contribution in [-0.4, -0.2) is 29.3 Å². The number of hydrogen-bond acceptors (Lipinski definition) is 5. The average Bonchev–Trinajstić information content (AvgIpc) is 2.93. The van der Waals surface area contributed by atoms with Gasteiger partial charge in [0.2, 0.25) is 5.91 Å². The van der Waals surface area contributed by atoms with E-state index in [1.165, 1.54) is 42.5 Å². The number of anilines is 3. The summed E-state index contributed by atoms with van der Waals surface area (Å²) in [7, 11) is -8.47. The van der Waals surface area contributed by atoms with Crippen molar-refractivity contribution in [3.05, 3.63) is 113 Å². The Labute approximate surface area is 252 Å². The average molecular weight is 652 g/mol. The number of nitrogens with one attached hydrogen (secondary N) is 2. The lowest BCUT2D eigenvalue weighted by Gasteiger charge is -2.24. The van der Waals surface area contributed by atoms with Crippen LogP contribution in [0, 0.1) is 13.8 Å². The third kappa shape index (κ3) is 7.66. The van der Waals surface area contributed by atoms with E-state index in [9.17, 15) is 34.8 Å². The van der Waals surface area contributed by atoms with Crippen molar-refractivity contribution >= 4 is 54.6 Å². The predicted molar refractivity (Wildman–Crippen MR) is 159 cm³/mol. The third-order valence-electron chi connectivity index (χ3n) is 6.23. The maximum atomic E-state index is 13.6. The van der Waals surface area contributed by atoms with E-state index >= 15 is 0 Å². The van der Waals surface area contributed by atoms with E-state index in [1.54, 1.807) is 32.0 Å². The molecule has 0 bridgehead atoms. The summed E-state index contributed by atoms with van der Waals surface area (Å²) in [6.45, 7) is 2.92. The third-order valence-corrected chi connectivity index (χ3v) is 9.82. The number of hydrogen-bond donors (Lipinski definition) is 2. The first-order valence-electron chi connectivity index (χ1n) is 12.5. The fourth-order valence-electron chi connectivity index (χ4n) is 3.91. The van der Waals surface area contributed by atoms with Crippen LogP contribution >= 0.6 is 11.6 Å². The monoisotopic (exact) mass is 651 g/mol. The highest BCUT2D eigenvalue weighted by molar-refractivity contribution is 7.93. The minimum absolute atomic E-state index is 0.0366. The van der Waals surface area contributed by atoms with Gasteiger partial charge < -0.3 is 5.32 Å². The Hall–Kier alpha value is -4.07. The summed E-state index contributed by atoms with van der Waals surface area (Å²) in [6.07, 6.45) is -4.65. The van der Waals surface area contributed by atoms with E-state index in [2.05, 4.69) is 10.0 Å². The van der Waals surface area contributed by atoms with Gasteiger partial charge in [0, 0.05) is 16.4 Å². The molecule has 4 aromatic carbocycles. The zero-order valence-corrected chi connectivity index (χ0v) is 25.1. The SMILES string of the molecule is Cc1ccc(S(=O)(=O)N(CC(=O)Nc2ccc(S(=O)(=O)Nc3cccc(C(F)(F)F)c3)cc2)c2ccc(C)c(Cl)c2)cc1. The molecular weight excluding hydrogens is 627 g/mol. The van der Waals surface area contributed by atoms with Gasteiger partial charge in [-0.3, -0.25) is 13.8 Å². The van der Waals surface area contributed by atoms with Crippen LogP contribution in [0.15, 0.2) is 101 Å². The minimum atomic E-state index is -4.65. The molecule has 226 valence electrons. The lowest BCUT2D eigenvalue weighted by atomic mass is 10.2. The smallest absolute Gasteiger partial charge is 0.325 e. The summed E-state index contributed by atoms with van der Waals surface area (Å²) in [6, 6.07) is 19.3. The summed E-state index contributed by atoms with van der Waals surface area (Å²) in [5, 5.41) is 2.84. The van der Waals surface area contributed by atoms with Crippen molar-refractivity contribution in [1.29, 1.82) is 0 Å². The van der Waals surface area contributed by atoms with Crippen LogP contribution in [-0.2, 0) is 31.0 Å². The number of alkyl halides is 3. The molecule has 14 heteroatoms. The molecule has 0 saturated heterocycles. The van der Waals surface area contributed by atoms with Gasteiger partial charge in [-0.25, -0.2) is 16.8 Å². The fraction of sp³-hybridized carbons (Fsp3) is 0.138. The molecule has 0 saturated carbocycles. The Morgan fingerprint density at radius 1 is 0.814 bits per heavy atom. The molecule has 0 radical (unpaired) electrons. The molecule has 0 unspecified atom stereocenters. The molecule has 0 fully saturated rings. The zero-order valence-electron chi connectivity index (χ0n) is 22.7. The van der Waals surface area contributed by atoms with Crippen LogP contribution in [0.4, 0.5) is 30.2 Å². The molecule has 0 heterocycles. The largest absolute Gasteiger partial charge is 0.416 e. The quantitative estimate of drug-likeness (QED) is 0.212. The molecule has 4 rings (SSSR count). The zero-order chi connectivity index (χ0) is 31.6. The van der Waals surface area contributed by atoms with Gasteiger partial charge in [-0.2, -0.15) is 13.2 Å². The molecule has 8 nitrogen and oxygen atoms in total. The van der Waals surface area contributed by atoms with Crippen LogP contribution in [0.25, 0.3) is 0 Å². The topological polar surface area (TPSA) is 113 Å². The highest BCUT2D eigenvalue weighted by atomic mass is 35.5. The number of aryl methyl sites for hydroxylation is 2. The Morgan fingerprint density at radius 3 is 2.05 bits per heavy atom. The number of carbonyl (C=O) groups is 1. The van der Waals surface area contributed by atoms with Gasteiger partial charge in [0.15, 0.2) is 0 Å². The number of carbonyl (C=O) groups excluding carboxylic acids is 1. The number of amides is 1. The molecule has 0 aliphatic heterocycles. The van der Waals surface area contributed by atoms with E-state index in [4.69, 9.17) is 11.6 Å². The first kappa shape index (κ1) is 31.9. The second-order valence-electron chi connectivity index (χ2n) is 9.51. The van der Waals surface area contributed by atoms with Crippen molar-refractivity contribution in [3.63, 3.8) is 0 Å². The molecule has 0 aliphatic carbocycles. The number of nitrogens with zero attached hydrogens (tertiary/aromatic N) is 1. The van der Waals surface area contributed by atoms with Crippen LogP contribution in [0.3, 0.4) is 0 Å². The van der Waals surface area contributed by atoms with Crippen molar-refractivity contribution < 1.29 is 34.8 Å². The molecule has 4 aromatic rings. The van der Waals surface area contributed by atoms with Crippen molar-refractivity contribution in [3.8, 4) is 0 Å². The summed E-state index contributed by atoms with van der Waals surface area (Å²) in [5.74, 6) is -0.731. The van der Waals surface area contributed by atoms with Gasteiger partial charge in [0.05, 0.1) is 21.0 Å². The fourth-order valence-corrected chi connectivity index (χ4v) is 6.55. The number of sulfonamides is 2. The van der Waals surface area contributed by atoms with Crippen LogP contribution < -0.4 is 14.3 Å². The van der Waals surface area contributed by atoms with Gasteiger partial charge in [-0.15, -0.1) is 0 Å². The predicted octanol–water partition coefficient (Wildman–Crippen LogP) is 6.61. The van der Waals surface area contributed by atoms with Crippen molar-refractivity contribution in [2.75, 3.05) is 20.9 Å². The molecule has 2 N–H and O–H groups in total. The molecule has 0 aromatic heterocycles. The summed E-state index contributed by atoms with van der Waals surface area (Å²) >= 11 is 6.25. The van der Waals surface area contributed by atoms with Gasteiger partial charge in [0.1, 0.15) is 6.54 Å². The van der Waals surface area contributed by atoms with Gasteiger partial charge in [-0.05, 0) is 86.1 Å². The number of benzene rings is 4. The van der Waals surface area contributed by atoms with E-state index in [1.807, 2.05) is 0 Å². The second kappa shape index (κ2) is 12.3. The van der Waals surface area contributed by atoms with E-state index in [0.29, 0.717) is 16.7 Å². The van der Waals surface area contributed by atoms with Gasteiger partial charge >= 0.3 is 6.18 Å². The van der Waals surface area contributed by atoms with E-state index < -0.39 is 44.2 Å². The first-order valence-corrected chi connectivity index (χ1v) is 15.8. The Morgan fingerprint density at radius 2 is 1.44 bits per heavy atom. The maximum absolute atomic E-state index is 13.6. The Bertz CT molecular complexity index is 1870. The molecule has 43 heavy (non-hydrogen) atoms. The normalized spacial score (nSPS) is 12.0. The summed E-state index contributed by atoms with van der Waals surface area (Å²) in [5.41, 5.74) is 0.568. The van der Waals surface area contributed by atoms with Crippen LogP contribution in [0.1, 0.15) is 16.7 Å². The standard InChI is InChI=1S/C29H25ClF3N3O5S2/c1-19-6-12-26(13-7-19)43(40,41)36(24-11-8-20(2)27(30)17-24)18-28(37)34-22-9-14-25(15-10-22)42(38,39)35-23-5-3-4-21(16-23)29(31,32)33/h3-17,35H,18H2,1-2H3,(H,34,37). The van der Waals surface area contributed by atoms with Gasteiger partial charge in [-0.1, -0.05) is 41.4 Å². The van der Waals surface area contributed by atoms with Crippen molar-refractivity contribution in [2.24, 2.45) is 0 Å². The van der Waals surface area contributed by atoms with Crippen LogP contribution in [0.2, 0.25) is 5.02 Å². The lowest BCUT2D eigenvalue weighted by Crippen LogP contribution is -2.38.